The number of carbonyl (C=O) groups excluding carboxylic acids is 1. The van der Waals surface area contributed by atoms with Gasteiger partial charge in [-0.15, -0.1) is 12.4 Å². The molecule has 6 heteroatoms. The number of amides is 1. The maximum atomic E-state index is 12.7. The monoisotopic (exact) mass is 404 g/mol. The Morgan fingerprint density at radius 2 is 2.00 bits per heavy atom. The molecule has 1 aliphatic rings. The zero-order valence-corrected chi connectivity index (χ0v) is 16.2. The lowest BCUT2D eigenvalue weighted by Crippen LogP contribution is -2.45. The molecule has 0 aliphatic carbocycles. The van der Waals surface area contributed by atoms with Gasteiger partial charge >= 0.3 is 0 Å². The number of hydrogen-bond acceptors (Lipinski definition) is 3. The van der Waals surface area contributed by atoms with Crippen molar-refractivity contribution in [2.24, 2.45) is 0 Å². The van der Waals surface area contributed by atoms with Crippen LogP contribution in [0.25, 0.3) is 10.9 Å². The maximum absolute atomic E-state index is 12.7. The van der Waals surface area contributed by atoms with Crippen molar-refractivity contribution in [3.63, 3.8) is 0 Å². The van der Waals surface area contributed by atoms with Crippen molar-refractivity contribution in [1.29, 1.82) is 0 Å². The number of aromatic amines is 1. The summed E-state index contributed by atoms with van der Waals surface area (Å²) in [4.78, 5) is 18.2. The zero-order chi connectivity index (χ0) is 23.0. The number of nitrogens with zero attached hydrogens (tertiary/aromatic N) is 1. The van der Waals surface area contributed by atoms with Crippen LogP contribution in [0.5, 0.6) is 5.75 Å². The highest BCUT2D eigenvalue weighted by Crippen LogP contribution is 2.23. The molecule has 1 aromatic heterocycles. The number of phenols is 1. The number of piperidine rings is 1. The Balaban J connectivity index is 0.00000306. The molecule has 1 amide bonds. The normalized spacial score (nSPS) is 17.8. The predicted molar refractivity (Wildman–Crippen MR) is 114 cm³/mol. The molecular weight excluding hydrogens is 374 g/mol. The molecule has 3 aromatic rings. The summed E-state index contributed by atoms with van der Waals surface area (Å²) in [6.45, 7) is 2.47. The van der Waals surface area contributed by atoms with Crippen molar-refractivity contribution < 1.29 is 16.8 Å². The summed E-state index contributed by atoms with van der Waals surface area (Å²) >= 11 is 0. The lowest BCUT2D eigenvalue weighted by Gasteiger charge is -2.32. The average Bonchev–Trinajstić information content (AvgIpc) is 3.18. The summed E-state index contributed by atoms with van der Waals surface area (Å²) in [5.41, 5.74) is 1.80. The summed E-state index contributed by atoms with van der Waals surface area (Å²) in [6, 6.07) is 2.75. The number of fused-ring (bicyclic) bond motifs is 1. The number of carbonyl (C=O) groups is 1. The third kappa shape index (κ3) is 4.66. The molecule has 1 fully saturated rings. The molecule has 5 nitrogen and oxygen atoms in total. The van der Waals surface area contributed by atoms with Crippen LogP contribution in [0.3, 0.4) is 0 Å². The van der Waals surface area contributed by atoms with Crippen molar-refractivity contribution in [2.45, 2.75) is 25.3 Å². The molecule has 2 aromatic carbocycles. The largest absolute Gasteiger partial charge is 0.508 e. The van der Waals surface area contributed by atoms with E-state index in [2.05, 4.69) is 15.2 Å². The quantitative estimate of drug-likeness (QED) is 0.606. The van der Waals surface area contributed by atoms with E-state index < -0.39 is 36.1 Å². The number of rotatable bonds is 5. The minimum absolute atomic E-state index is 0. The fraction of sp³-hybridized carbons (Fsp3) is 0.318. The van der Waals surface area contributed by atoms with E-state index in [4.69, 9.17) is 6.85 Å². The number of hydrogen-bond donors (Lipinski definition) is 3. The summed E-state index contributed by atoms with van der Waals surface area (Å²) < 4.78 is 39.0. The molecule has 0 atom stereocenters. The van der Waals surface area contributed by atoms with Gasteiger partial charge in [0.05, 0.1) is 6.85 Å². The van der Waals surface area contributed by atoms with E-state index in [0.717, 1.165) is 49.8 Å². The van der Waals surface area contributed by atoms with Crippen LogP contribution >= 0.6 is 12.4 Å². The fourth-order valence-corrected chi connectivity index (χ4v) is 3.58. The summed E-state index contributed by atoms with van der Waals surface area (Å²) in [6.07, 6.45) is 4.29. The Bertz CT molecular complexity index is 1150. The molecule has 1 aliphatic heterocycles. The smallest absolute Gasteiger partial charge is 0.251 e. The lowest BCUT2D eigenvalue weighted by molar-refractivity contribution is 0.0911. The molecule has 2 heterocycles. The SMILES string of the molecule is Cl.[2H]c1c([2H])c([2H])c(C(=O)NC2CCN(CCc3c[nH]c4cc(O)ccc34)CC2)c([2H])c1[2H]. The average molecular weight is 405 g/mol. The Morgan fingerprint density at radius 3 is 2.75 bits per heavy atom. The zero-order valence-electron chi connectivity index (χ0n) is 20.3. The molecule has 0 spiro atoms. The second-order valence-electron chi connectivity index (χ2n) is 6.88. The van der Waals surface area contributed by atoms with Crippen molar-refractivity contribution in [3.8, 4) is 5.75 Å². The van der Waals surface area contributed by atoms with Crippen LogP contribution in [-0.4, -0.2) is 46.6 Å². The van der Waals surface area contributed by atoms with E-state index in [9.17, 15) is 9.90 Å². The Morgan fingerprint density at radius 1 is 1.25 bits per heavy atom. The van der Waals surface area contributed by atoms with E-state index in [-0.39, 0.29) is 29.8 Å². The number of aromatic nitrogens is 1. The topological polar surface area (TPSA) is 68.4 Å². The van der Waals surface area contributed by atoms with Crippen LogP contribution in [0.2, 0.25) is 0 Å². The fourth-order valence-electron chi connectivity index (χ4n) is 3.58. The Hall–Kier alpha value is -2.50. The van der Waals surface area contributed by atoms with E-state index in [1.807, 2.05) is 12.3 Å². The van der Waals surface area contributed by atoms with Gasteiger partial charge in [-0.2, -0.15) is 0 Å². The van der Waals surface area contributed by atoms with Crippen LogP contribution in [0.1, 0.15) is 35.6 Å². The van der Waals surface area contributed by atoms with Gasteiger partial charge in [0.25, 0.3) is 5.91 Å². The molecule has 0 radical (unpaired) electrons. The van der Waals surface area contributed by atoms with Gasteiger partial charge in [0.15, 0.2) is 0 Å². The van der Waals surface area contributed by atoms with E-state index >= 15 is 0 Å². The first-order valence-electron chi connectivity index (χ1n) is 11.7. The predicted octanol–water partition coefficient (Wildman–Crippen LogP) is 3.73. The Kier molecular flexibility index (Phi) is 4.72. The summed E-state index contributed by atoms with van der Waals surface area (Å²) in [7, 11) is 0. The van der Waals surface area contributed by atoms with Crippen molar-refractivity contribution in [2.75, 3.05) is 19.6 Å². The van der Waals surface area contributed by atoms with Gasteiger partial charge in [-0.3, -0.25) is 4.79 Å². The van der Waals surface area contributed by atoms with Crippen molar-refractivity contribution in [3.05, 3.63) is 65.7 Å². The first kappa shape index (κ1) is 14.5. The van der Waals surface area contributed by atoms with Crippen LogP contribution in [0, 0.1) is 0 Å². The van der Waals surface area contributed by atoms with Gasteiger partial charge in [0.1, 0.15) is 5.75 Å². The maximum Gasteiger partial charge on any atom is 0.251 e. The highest BCUT2D eigenvalue weighted by Gasteiger charge is 2.21. The Labute approximate surface area is 178 Å². The molecule has 28 heavy (non-hydrogen) atoms. The van der Waals surface area contributed by atoms with Gasteiger partial charge in [0.2, 0.25) is 0 Å². The lowest BCUT2D eigenvalue weighted by atomic mass is 10.0. The third-order valence-electron chi connectivity index (χ3n) is 5.10. The first-order valence-corrected chi connectivity index (χ1v) is 9.15. The summed E-state index contributed by atoms with van der Waals surface area (Å²) in [5, 5.41) is 13.5. The molecular formula is C22H26ClN3O2. The number of benzene rings is 2. The number of H-pyrrole nitrogens is 1. The second-order valence-corrected chi connectivity index (χ2v) is 6.88. The molecule has 4 rings (SSSR count). The van der Waals surface area contributed by atoms with Gasteiger partial charge in [-0.1, -0.05) is 18.1 Å². The highest BCUT2D eigenvalue weighted by atomic mass is 35.5. The molecule has 0 unspecified atom stereocenters. The molecule has 148 valence electrons. The number of likely N-dealkylation sites (tertiary alicyclic amines) is 1. The van der Waals surface area contributed by atoms with Crippen LogP contribution < -0.4 is 5.32 Å². The van der Waals surface area contributed by atoms with Crippen LogP contribution in [0.15, 0.2) is 54.6 Å². The van der Waals surface area contributed by atoms with Gasteiger partial charge in [-0.05, 0) is 49.0 Å². The number of aromatic hydroxyl groups is 1. The molecule has 0 saturated carbocycles. The minimum atomic E-state index is -0.623. The summed E-state index contributed by atoms with van der Waals surface area (Å²) in [5.74, 6) is -0.388. The standard InChI is InChI=1S/C22H25N3O2.ClH/c26-19-6-7-20-17(15-23-21(20)14-19)8-11-25-12-9-18(10-13-25)24-22(27)16-4-2-1-3-5-16;/h1-7,14-15,18,23,26H,8-13H2,(H,24,27);1H/i1D,2D,3D,4D,5D;. The second kappa shape index (κ2) is 9.13. The first-order chi connectivity index (χ1) is 15.3. The van der Waals surface area contributed by atoms with E-state index in [1.54, 1.807) is 12.1 Å². The molecule has 1 saturated heterocycles. The minimum Gasteiger partial charge on any atom is -0.508 e. The van der Waals surface area contributed by atoms with Crippen LogP contribution in [0.4, 0.5) is 0 Å². The van der Waals surface area contributed by atoms with E-state index in [0.29, 0.717) is 0 Å². The highest BCUT2D eigenvalue weighted by molar-refractivity contribution is 5.94. The van der Waals surface area contributed by atoms with E-state index in [1.165, 1.54) is 5.56 Å². The van der Waals surface area contributed by atoms with Gasteiger partial charge < -0.3 is 20.3 Å². The van der Waals surface area contributed by atoms with Gasteiger partial charge in [0, 0.05) is 54.4 Å². The van der Waals surface area contributed by atoms with Crippen LogP contribution in [-0.2, 0) is 6.42 Å². The molecule has 3 N–H and O–H groups in total. The molecule has 0 bridgehead atoms. The number of phenolic OH excluding ortho intramolecular Hbond substituents is 1. The van der Waals surface area contributed by atoms with Crippen molar-refractivity contribution in [1.82, 2.24) is 15.2 Å². The number of nitrogens with one attached hydrogen (secondary N) is 2. The third-order valence-corrected chi connectivity index (χ3v) is 5.10. The van der Waals surface area contributed by atoms with Crippen molar-refractivity contribution >= 4 is 29.2 Å². The van der Waals surface area contributed by atoms with Gasteiger partial charge in [-0.25, -0.2) is 0 Å². The number of halogens is 1.